The molecule has 1 amide bonds. The van der Waals surface area contributed by atoms with Gasteiger partial charge in [0, 0.05) is 19.7 Å². The fraction of sp³-hybridized carbons (Fsp3) is 0.800. The van der Waals surface area contributed by atoms with E-state index >= 15 is 0 Å². The predicted octanol–water partition coefficient (Wildman–Crippen LogP) is 0.0821. The Bertz CT molecular complexity index is 240. The molecule has 1 unspecified atom stereocenters. The van der Waals surface area contributed by atoms with Crippen LogP contribution in [0.3, 0.4) is 0 Å². The van der Waals surface area contributed by atoms with E-state index in [-0.39, 0.29) is 12.5 Å². The van der Waals surface area contributed by atoms with Gasteiger partial charge in [0.05, 0.1) is 0 Å². The number of carbonyl (C=O) groups is 2. The van der Waals surface area contributed by atoms with Crippen LogP contribution in [0.2, 0.25) is 0 Å². The van der Waals surface area contributed by atoms with E-state index in [4.69, 9.17) is 10.2 Å². The van der Waals surface area contributed by atoms with Crippen molar-refractivity contribution in [2.75, 3.05) is 19.7 Å². The Morgan fingerprint density at radius 2 is 2.13 bits per heavy atom. The van der Waals surface area contributed by atoms with E-state index in [0.717, 1.165) is 12.8 Å². The van der Waals surface area contributed by atoms with Gasteiger partial charge in [0.25, 0.3) is 0 Å². The molecule has 0 spiro atoms. The third-order valence-electron chi connectivity index (χ3n) is 2.71. The standard InChI is InChI=1S/C10H17NO4/c12-5-3-8-2-1-4-11(7-8)9(13)6-10(14)15/h8,12H,1-7H2,(H,14,15). The summed E-state index contributed by atoms with van der Waals surface area (Å²) in [5.74, 6) is -1.07. The van der Waals surface area contributed by atoms with E-state index in [0.29, 0.717) is 25.4 Å². The van der Waals surface area contributed by atoms with Crippen molar-refractivity contribution < 1.29 is 19.8 Å². The number of rotatable bonds is 4. The molecule has 0 radical (unpaired) electrons. The molecule has 1 saturated heterocycles. The number of carboxylic acid groups (broad SMARTS) is 1. The summed E-state index contributed by atoms with van der Waals surface area (Å²) in [4.78, 5) is 23.4. The predicted molar refractivity (Wildman–Crippen MR) is 53.3 cm³/mol. The third-order valence-corrected chi connectivity index (χ3v) is 2.71. The van der Waals surface area contributed by atoms with Crippen LogP contribution in [-0.4, -0.2) is 46.7 Å². The van der Waals surface area contributed by atoms with Crippen LogP contribution in [0.5, 0.6) is 0 Å². The Morgan fingerprint density at radius 1 is 1.40 bits per heavy atom. The number of likely N-dealkylation sites (tertiary alicyclic amines) is 1. The molecule has 1 rings (SSSR count). The van der Waals surface area contributed by atoms with E-state index in [1.54, 1.807) is 4.90 Å². The lowest BCUT2D eigenvalue weighted by molar-refractivity contribution is -0.145. The number of carboxylic acids is 1. The first kappa shape index (κ1) is 12.0. The minimum atomic E-state index is -1.08. The molecule has 0 aromatic carbocycles. The Balaban J connectivity index is 2.41. The van der Waals surface area contributed by atoms with Gasteiger partial charge in [-0.3, -0.25) is 9.59 Å². The molecule has 5 heteroatoms. The van der Waals surface area contributed by atoms with E-state index in [9.17, 15) is 9.59 Å². The molecule has 1 aliphatic heterocycles. The van der Waals surface area contributed by atoms with Crippen molar-refractivity contribution in [3.63, 3.8) is 0 Å². The highest BCUT2D eigenvalue weighted by Crippen LogP contribution is 2.19. The summed E-state index contributed by atoms with van der Waals surface area (Å²) in [5.41, 5.74) is 0. The monoisotopic (exact) mass is 215 g/mol. The zero-order chi connectivity index (χ0) is 11.3. The Kier molecular flexibility index (Phi) is 4.55. The largest absolute Gasteiger partial charge is 0.481 e. The van der Waals surface area contributed by atoms with Gasteiger partial charge in [0.1, 0.15) is 6.42 Å². The number of nitrogens with zero attached hydrogens (tertiary/aromatic N) is 1. The first-order chi connectivity index (χ1) is 7.13. The number of aliphatic hydroxyl groups excluding tert-OH is 1. The topological polar surface area (TPSA) is 77.8 Å². The zero-order valence-corrected chi connectivity index (χ0v) is 8.69. The van der Waals surface area contributed by atoms with Gasteiger partial charge < -0.3 is 15.1 Å². The summed E-state index contributed by atoms with van der Waals surface area (Å²) in [6.07, 6.45) is 2.18. The van der Waals surface area contributed by atoms with Crippen molar-refractivity contribution >= 4 is 11.9 Å². The van der Waals surface area contributed by atoms with Crippen LogP contribution in [0.15, 0.2) is 0 Å². The van der Waals surface area contributed by atoms with Gasteiger partial charge >= 0.3 is 5.97 Å². The number of aliphatic carboxylic acids is 1. The van der Waals surface area contributed by atoms with E-state index in [1.165, 1.54) is 0 Å². The fourth-order valence-electron chi connectivity index (χ4n) is 1.95. The van der Waals surface area contributed by atoms with Crippen LogP contribution in [0.4, 0.5) is 0 Å². The molecule has 0 aliphatic carbocycles. The van der Waals surface area contributed by atoms with Gasteiger partial charge in [-0.1, -0.05) is 0 Å². The zero-order valence-electron chi connectivity index (χ0n) is 8.69. The van der Waals surface area contributed by atoms with Crippen molar-refractivity contribution in [1.29, 1.82) is 0 Å². The molecule has 5 nitrogen and oxygen atoms in total. The number of hydrogen-bond donors (Lipinski definition) is 2. The van der Waals surface area contributed by atoms with Gasteiger partial charge in [0.2, 0.25) is 5.91 Å². The summed E-state index contributed by atoms with van der Waals surface area (Å²) in [6.45, 7) is 1.37. The van der Waals surface area contributed by atoms with Crippen molar-refractivity contribution in [2.24, 2.45) is 5.92 Å². The smallest absolute Gasteiger partial charge is 0.312 e. The average molecular weight is 215 g/mol. The van der Waals surface area contributed by atoms with Crippen molar-refractivity contribution in [3.8, 4) is 0 Å². The SMILES string of the molecule is O=C(O)CC(=O)N1CCCC(CCO)C1. The van der Waals surface area contributed by atoms with E-state index < -0.39 is 12.4 Å². The highest BCUT2D eigenvalue weighted by molar-refractivity contribution is 5.93. The highest BCUT2D eigenvalue weighted by atomic mass is 16.4. The highest BCUT2D eigenvalue weighted by Gasteiger charge is 2.24. The summed E-state index contributed by atoms with van der Waals surface area (Å²) < 4.78 is 0. The average Bonchev–Trinajstić information content (AvgIpc) is 2.17. The molecule has 2 N–H and O–H groups in total. The maximum absolute atomic E-state index is 11.4. The second-order valence-electron chi connectivity index (χ2n) is 3.93. The number of aliphatic hydroxyl groups is 1. The summed E-state index contributed by atoms with van der Waals surface area (Å²) in [7, 11) is 0. The molecule has 86 valence electrons. The molecule has 1 aliphatic rings. The van der Waals surface area contributed by atoms with Crippen LogP contribution in [0, 0.1) is 5.92 Å². The van der Waals surface area contributed by atoms with E-state index in [2.05, 4.69) is 0 Å². The molecular weight excluding hydrogens is 198 g/mol. The molecule has 15 heavy (non-hydrogen) atoms. The molecule has 1 heterocycles. The third kappa shape index (κ3) is 3.87. The summed E-state index contributed by atoms with van der Waals surface area (Å²) in [5, 5.41) is 17.3. The number of hydrogen-bond acceptors (Lipinski definition) is 3. The lowest BCUT2D eigenvalue weighted by Gasteiger charge is -2.32. The Morgan fingerprint density at radius 3 is 2.73 bits per heavy atom. The first-order valence-electron chi connectivity index (χ1n) is 5.24. The molecular formula is C10H17NO4. The maximum atomic E-state index is 11.4. The molecule has 1 atom stereocenters. The number of amides is 1. The van der Waals surface area contributed by atoms with Crippen LogP contribution in [0.1, 0.15) is 25.7 Å². The fourth-order valence-corrected chi connectivity index (χ4v) is 1.95. The van der Waals surface area contributed by atoms with Crippen molar-refractivity contribution in [2.45, 2.75) is 25.7 Å². The van der Waals surface area contributed by atoms with Gasteiger partial charge in [-0.2, -0.15) is 0 Å². The summed E-state index contributed by atoms with van der Waals surface area (Å²) >= 11 is 0. The maximum Gasteiger partial charge on any atom is 0.312 e. The van der Waals surface area contributed by atoms with Crippen molar-refractivity contribution in [3.05, 3.63) is 0 Å². The second kappa shape index (κ2) is 5.70. The lowest BCUT2D eigenvalue weighted by atomic mass is 9.95. The van der Waals surface area contributed by atoms with Crippen LogP contribution < -0.4 is 0 Å². The molecule has 1 fully saturated rings. The number of carbonyl (C=O) groups excluding carboxylic acids is 1. The van der Waals surface area contributed by atoms with Crippen molar-refractivity contribution in [1.82, 2.24) is 4.90 Å². The minimum absolute atomic E-state index is 0.131. The van der Waals surface area contributed by atoms with Gasteiger partial charge in [0.15, 0.2) is 0 Å². The van der Waals surface area contributed by atoms with Crippen LogP contribution in [0.25, 0.3) is 0 Å². The minimum Gasteiger partial charge on any atom is -0.481 e. The Labute approximate surface area is 88.7 Å². The molecule has 0 bridgehead atoms. The quantitative estimate of drug-likeness (QED) is 0.651. The normalized spacial score (nSPS) is 21.4. The molecule has 0 aromatic heterocycles. The first-order valence-corrected chi connectivity index (χ1v) is 5.24. The van der Waals surface area contributed by atoms with Crippen LogP contribution >= 0.6 is 0 Å². The van der Waals surface area contributed by atoms with Gasteiger partial charge in [-0.05, 0) is 25.2 Å². The molecule has 0 aromatic rings. The number of piperidine rings is 1. The Hall–Kier alpha value is -1.10. The lowest BCUT2D eigenvalue weighted by Crippen LogP contribution is -2.40. The van der Waals surface area contributed by atoms with Gasteiger partial charge in [-0.25, -0.2) is 0 Å². The summed E-state index contributed by atoms with van der Waals surface area (Å²) in [6, 6.07) is 0. The van der Waals surface area contributed by atoms with Gasteiger partial charge in [-0.15, -0.1) is 0 Å². The second-order valence-corrected chi connectivity index (χ2v) is 3.93. The van der Waals surface area contributed by atoms with E-state index in [1.807, 2.05) is 0 Å². The molecule has 0 saturated carbocycles. The van der Waals surface area contributed by atoms with Crippen LogP contribution in [-0.2, 0) is 9.59 Å².